The van der Waals surface area contributed by atoms with Gasteiger partial charge < -0.3 is 10.2 Å². The summed E-state index contributed by atoms with van der Waals surface area (Å²) in [5.41, 5.74) is 0. The van der Waals surface area contributed by atoms with Crippen molar-refractivity contribution in [2.24, 2.45) is 0 Å². The van der Waals surface area contributed by atoms with E-state index in [9.17, 15) is 0 Å². The first-order valence-corrected chi connectivity index (χ1v) is 3.63. The molecule has 1 rings (SSSR count). The number of hydrogen-bond acceptors (Lipinski definition) is 4. The van der Waals surface area contributed by atoms with Crippen molar-refractivity contribution >= 4 is 11.8 Å². The normalized spacial score (nSPS) is 29.6. The molecular weight excluding hydrogens is 126 g/mol. The van der Waals surface area contributed by atoms with E-state index in [4.69, 9.17) is 10.2 Å². The van der Waals surface area contributed by atoms with Crippen molar-refractivity contribution in [1.29, 1.82) is 0 Å². The van der Waals surface area contributed by atoms with E-state index in [0.29, 0.717) is 0 Å². The van der Waals surface area contributed by atoms with Gasteiger partial charge >= 0.3 is 0 Å². The zero-order valence-electron chi connectivity index (χ0n) is 4.37. The van der Waals surface area contributed by atoms with E-state index in [1.54, 1.807) is 11.8 Å². The minimum atomic E-state index is -1.19. The highest BCUT2D eigenvalue weighted by molar-refractivity contribution is 7.99. The van der Waals surface area contributed by atoms with Gasteiger partial charge in [0, 0.05) is 11.6 Å². The van der Waals surface area contributed by atoms with Gasteiger partial charge in [-0.2, -0.15) is 0 Å². The Morgan fingerprint density at radius 1 is 1.62 bits per heavy atom. The summed E-state index contributed by atoms with van der Waals surface area (Å²) in [7, 11) is 0. The van der Waals surface area contributed by atoms with Crippen molar-refractivity contribution in [2.45, 2.75) is 12.3 Å². The second kappa shape index (κ2) is 2.68. The largest absolute Gasteiger partial charge is 0.367 e. The summed E-state index contributed by atoms with van der Waals surface area (Å²) >= 11 is 1.68. The fourth-order valence-corrected chi connectivity index (χ4v) is 1.60. The maximum Gasteiger partial charge on any atom is 0.167 e. The zero-order valence-corrected chi connectivity index (χ0v) is 5.19. The molecule has 3 N–H and O–H groups in total. The minimum absolute atomic E-state index is 0.111. The summed E-state index contributed by atoms with van der Waals surface area (Å²) in [5.74, 6) is 1.64. The summed E-state index contributed by atoms with van der Waals surface area (Å²) in [5, 5.41) is 20.0. The Labute approximate surface area is 52.1 Å². The molecule has 8 heavy (non-hydrogen) atoms. The topological polar surface area (TPSA) is 52.5 Å². The van der Waals surface area contributed by atoms with Crippen molar-refractivity contribution in [3.05, 3.63) is 0 Å². The van der Waals surface area contributed by atoms with Crippen LogP contribution in [0.15, 0.2) is 0 Å². The monoisotopic (exact) mass is 135 g/mol. The minimum Gasteiger partial charge on any atom is -0.367 e. The van der Waals surface area contributed by atoms with E-state index in [1.807, 2.05) is 0 Å². The van der Waals surface area contributed by atoms with Gasteiger partial charge in [0.05, 0.1) is 6.04 Å². The van der Waals surface area contributed by atoms with E-state index < -0.39 is 6.29 Å². The number of hydrogen-bond donors (Lipinski definition) is 3. The molecule has 4 heteroatoms. The van der Waals surface area contributed by atoms with Crippen LogP contribution in [0.25, 0.3) is 0 Å². The molecule has 1 fully saturated rings. The molecule has 0 radical (unpaired) electrons. The summed E-state index contributed by atoms with van der Waals surface area (Å²) in [6.45, 7) is 0. The number of rotatable bonds is 1. The molecule has 0 bridgehead atoms. The number of aliphatic hydroxyl groups excluding tert-OH is 1. The molecule has 1 saturated heterocycles. The van der Waals surface area contributed by atoms with Crippen LogP contribution in [0.5, 0.6) is 0 Å². The first-order chi connectivity index (χ1) is 3.80. The van der Waals surface area contributed by atoms with E-state index >= 15 is 0 Å². The van der Waals surface area contributed by atoms with Gasteiger partial charge in [0.1, 0.15) is 0 Å². The Morgan fingerprint density at radius 2 is 2.38 bits per heavy atom. The van der Waals surface area contributed by atoms with Gasteiger partial charge in [0.15, 0.2) is 6.29 Å². The smallest absolute Gasteiger partial charge is 0.167 e. The fourth-order valence-electron chi connectivity index (χ4n) is 0.602. The van der Waals surface area contributed by atoms with Gasteiger partial charge in [0.2, 0.25) is 0 Å². The van der Waals surface area contributed by atoms with Crippen LogP contribution in [-0.2, 0) is 0 Å². The van der Waals surface area contributed by atoms with Crippen LogP contribution in [0.2, 0.25) is 0 Å². The quantitative estimate of drug-likeness (QED) is 0.402. The van der Waals surface area contributed by atoms with Gasteiger partial charge in [-0.15, -0.1) is 11.8 Å². The molecule has 0 aromatic heterocycles. The Balaban J connectivity index is 2.24. The Kier molecular flexibility index (Phi) is 2.13. The number of nitrogens with one attached hydrogen (secondary N) is 1. The van der Waals surface area contributed by atoms with Crippen molar-refractivity contribution in [1.82, 2.24) is 5.32 Å². The molecule has 1 aliphatic rings. The van der Waals surface area contributed by atoms with Crippen LogP contribution in [0.4, 0.5) is 0 Å². The van der Waals surface area contributed by atoms with E-state index in [2.05, 4.69) is 5.32 Å². The first kappa shape index (κ1) is 6.35. The summed E-state index contributed by atoms with van der Waals surface area (Å²) in [6.07, 6.45) is -1.19. The Bertz CT molecular complexity index is 72.4. The summed E-state index contributed by atoms with van der Waals surface area (Å²) in [4.78, 5) is 0. The maximum absolute atomic E-state index is 8.53. The Hall–Kier alpha value is 0.230. The van der Waals surface area contributed by atoms with Gasteiger partial charge in [-0.05, 0) is 0 Å². The zero-order chi connectivity index (χ0) is 5.98. The summed E-state index contributed by atoms with van der Waals surface area (Å²) in [6, 6.07) is -0.111. The summed E-state index contributed by atoms with van der Waals surface area (Å²) < 4.78 is 0. The van der Waals surface area contributed by atoms with Crippen LogP contribution in [0, 0.1) is 0 Å². The highest BCUT2D eigenvalue weighted by Crippen LogP contribution is 2.10. The lowest BCUT2D eigenvalue weighted by atomic mass is 10.3. The molecule has 0 aliphatic carbocycles. The Morgan fingerprint density at radius 3 is 2.62 bits per heavy atom. The van der Waals surface area contributed by atoms with Crippen molar-refractivity contribution < 1.29 is 10.2 Å². The molecule has 1 aliphatic heterocycles. The van der Waals surface area contributed by atoms with Crippen molar-refractivity contribution in [3.8, 4) is 0 Å². The lowest BCUT2D eigenvalue weighted by Gasteiger charge is -2.09. The van der Waals surface area contributed by atoms with Gasteiger partial charge in [-0.1, -0.05) is 0 Å². The second-order valence-electron chi connectivity index (χ2n) is 1.74. The highest BCUT2D eigenvalue weighted by Gasteiger charge is 2.19. The second-order valence-corrected chi connectivity index (χ2v) is 2.77. The number of aliphatic hydroxyl groups is 2. The molecule has 0 saturated carbocycles. The van der Waals surface area contributed by atoms with Crippen LogP contribution in [0.3, 0.4) is 0 Å². The fraction of sp³-hybridized carbons (Fsp3) is 1.00. The van der Waals surface area contributed by atoms with E-state index in [0.717, 1.165) is 11.6 Å². The van der Waals surface area contributed by atoms with Gasteiger partial charge in [-0.25, -0.2) is 0 Å². The third kappa shape index (κ3) is 1.35. The molecule has 0 aromatic rings. The molecular formula is C4H9NO2S. The van der Waals surface area contributed by atoms with Crippen LogP contribution >= 0.6 is 11.8 Å². The van der Waals surface area contributed by atoms with E-state index in [1.165, 1.54) is 0 Å². The molecule has 1 atom stereocenters. The van der Waals surface area contributed by atoms with Crippen LogP contribution in [-0.4, -0.2) is 34.2 Å². The average Bonchev–Trinajstić information content (AvgIpc) is 2.12. The van der Waals surface area contributed by atoms with Crippen molar-refractivity contribution in [2.75, 3.05) is 11.6 Å². The van der Waals surface area contributed by atoms with Gasteiger partial charge in [-0.3, -0.25) is 5.32 Å². The molecule has 1 heterocycles. The molecule has 48 valence electrons. The molecule has 0 unspecified atom stereocenters. The predicted molar refractivity (Wildman–Crippen MR) is 32.5 cm³/mol. The number of thioether (sulfide) groups is 1. The third-order valence-electron chi connectivity index (χ3n) is 1.10. The molecule has 0 aromatic carbocycles. The van der Waals surface area contributed by atoms with E-state index in [-0.39, 0.29) is 6.04 Å². The van der Waals surface area contributed by atoms with Gasteiger partial charge in [0.25, 0.3) is 0 Å². The third-order valence-corrected chi connectivity index (χ3v) is 2.07. The van der Waals surface area contributed by atoms with Crippen molar-refractivity contribution in [3.63, 3.8) is 0 Å². The molecule has 0 amide bonds. The highest BCUT2D eigenvalue weighted by atomic mass is 32.2. The van der Waals surface area contributed by atoms with Crippen LogP contribution in [0.1, 0.15) is 0 Å². The lowest BCUT2D eigenvalue weighted by Crippen LogP contribution is -2.36. The maximum atomic E-state index is 8.53. The molecule has 0 spiro atoms. The average molecular weight is 135 g/mol. The first-order valence-electron chi connectivity index (χ1n) is 2.48. The standard InChI is InChI=1S/C4H9NO2S/c6-4(7)3-1-8-2-5-3/h3-7H,1-2H2/t3-/m1/s1. The van der Waals surface area contributed by atoms with Crippen LogP contribution < -0.4 is 5.32 Å². The SMILES string of the molecule is OC(O)[C@H]1CSCN1. The molecule has 3 nitrogen and oxygen atoms in total. The predicted octanol–water partition coefficient (Wildman–Crippen LogP) is -1.04. The lowest BCUT2D eigenvalue weighted by molar-refractivity contribution is -0.0586.